The predicted octanol–water partition coefficient (Wildman–Crippen LogP) is 1.04. The van der Waals surface area contributed by atoms with Crippen LogP contribution in [-0.4, -0.2) is 45.5 Å². The number of amides is 2. The number of hydrogen-bond acceptors (Lipinski definition) is 3. The summed E-state index contributed by atoms with van der Waals surface area (Å²) in [6, 6.07) is 1.58. The van der Waals surface area contributed by atoms with Crippen molar-refractivity contribution in [3.8, 4) is 0 Å². The standard InChI is InChI=1S/C12H20N4O2/c1-15(8-9-4-3-5-10(9)17)12(18)14-11-6-7-13-16(11)2/h6-7,9-10,17H,3-5,8H2,1-2H3,(H,14,18)/t9-,10-/m0/s1. The number of hydrogen-bond donors (Lipinski definition) is 2. The summed E-state index contributed by atoms with van der Waals surface area (Å²) in [6.45, 7) is 0.588. The number of anilines is 1. The average molecular weight is 252 g/mol. The number of aryl methyl sites for hydroxylation is 1. The highest BCUT2D eigenvalue weighted by molar-refractivity contribution is 5.88. The van der Waals surface area contributed by atoms with Crippen LogP contribution in [0.5, 0.6) is 0 Å². The number of rotatable bonds is 3. The lowest BCUT2D eigenvalue weighted by atomic mass is 10.1. The summed E-state index contributed by atoms with van der Waals surface area (Å²) in [6.07, 6.45) is 4.25. The highest BCUT2D eigenvalue weighted by Crippen LogP contribution is 2.26. The van der Waals surface area contributed by atoms with Crippen molar-refractivity contribution in [1.29, 1.82) is 0 Å². The van der Waals surface area contributed by atoms with Crippen LogP contribution < -0.4 is 5.32 Å². The molecule has 1 fully saturated rings. The lowest BCUT2D eigenvalue weighted by Crippen LogP contribution is -2.37. The molecule has 0 unspecified atom stereocenters. The summed E-state index contributed by atoms with van der Waals surface area (Å²) < 4.78 is 1.61. The van der Waals surface area contributed by atoms with Crippen molar-refractivity contribution in [2.24, 2.45) is 13.0 Å². The van der Waals surface area contributed by atoms with Crippen LogP contribution in [0.2, 0.25) is 0 Å². The molecule has 2 rings (SSSR count). The molecule has 0 aromatic carbocycles. The quantitative estimate of drug-likeness (QED) is 0.844. The van der Waals surface area contributed by atoms with Crippen LogP contribution in [0, 0.1) is 5.92 Å². The van der Waals surface area contributed by atoms with E-state index in [0.29, 0.717) is 12.4 Å². The molecule has 0 bridgehead atoms. The second-order valence-corrected chi connectivity index (χ2v) is 4.91. The SMILES string of the molecule is CN(C[C@@H]1CCC[C@@H]1O)C(=O)Nc1ccnn1C. The molecule has 100 valence electrons. The first-order valence-electron chi connectivity index (χ1n) is 6.26. The van der Waals surface area contributed by atoms with Crippen LogP contribution in [-0.2, 0) is 7.05 Å². The smallest absolute Gasteiger partial charge is 0.322 e. The zero-order valence-electron chi connectivity index (χ0n) is 10.8. The van der Waals surface area contributed by atoms with Gasteiger partial charge >= 0.3 is 6.03 Å². The zero-order chi connectivity index (χ0) is 13.1. The van der Waals surface area contributed by atoms with E-state index in [4.69, 9.17) is 0 Å². The largest absolute Gasteiger partial charge is 0.393 e. The van der Waals surface area contributed by atoms with Crippen molar-refractivity contribution >= 4 is 11.8 Å². The highest BCUT2D eigenvalue weighted by atomic mass is 16.3. The van der Waals surface area contributed by atoms with E-state index < -0.39 is 0 Å². The minimum atomic E-state index is -0.267. The van der Waals surface area contributed by atoms with Crippen molar-refractivity contribution in [2.75, 3.05) is 18.9 Å². The predicted molar refractivity (Wildman–Crippen MR) is 68.2 cm³/mol. The first-order chi connectivity index (χ1) is 8.58. The molecule has 1 heterocycles. The maximum Gasteiger partial charge on any atom is 0.322 e. The summed E-state index contributed by atoms with van der Waals surface area (Å²) in [5.74, 6) is 0.867. The Kier molecular flexibility index (Phi) is 3.86. The third kappa shape index (κ3) is 2.81. The third-order valence-corrected chi connectivity index (χ3v) is 3.53. The molecule has 0 radical (unpaired) electrons. The lowest BCUT2D eigenvalue weighted by molar-refractivity contribution is 0.116. The summed E-state index contributed by atoms with van der Waals surface area (Å²) in [5, 5.41) is 16.5. The molecule has 0 saturated heterocycles. The molecule has 6 heteroatoms. The Morgan fingerprint density at radius 3 is 3.00 bits per heavy atom. The van der Waals surface area contributed by atoms with Gasteiger partial charge in [0.25, 0.3) is 0 Å². The fraction of sp³-hybridized carbons (Fsp3) is 0.667. The fourth-order valence-corrected chi connectivity index (χ4v) is 2.37. The van der Waals surface area contributed by atoms with Crippen LogP contribution in [0.15, 0.2) is 12.3 Å². The monoisotopic (exact) mass is 252 g/mol. The Labute approximate surface area is 107 Å². The molecular weight excluding hydrogens is 232 g/mol. The normalized spacial score (nSPS) is 23.1. The minimum absolute atomic E-state index is 0.169. The molecule has 0 aliphatic heterocycles. The molecule has 1 saturated carbocycles. The molecule has 2 N–H and O–H groups in total. The van der Waals surface area contributed by atoms with Gasteiger partial charge in [0.2, 0.25) is 0 Å². The molecule has 1 aromatic rings. The first kappa shape index (κ1) is 12.9. The number of carbonyl (C=O) groups is 1. The van der Waals surface area contributed by atoms with Gasteiger partial charge in [0.15, 0.2) is 0 Å². The van der Waals surface area contributed by atoms with E-state index in [9.17, 15) is 9.90 Å². The van der Waals surface area contributed by atoms with Gasteiger partial charge in [-0.1, -0.05) is 6.42 Å². The van der Waals surface area contributed by atoms with Crippen LogP contribution in [0.3, 0.4) is 0 Å². The Balaban J connectivity index is 1.87. The number of aliphatic hydroxyl groups is 1. The number of urea groups is 1. The lowest BCUT2D eigenvalue weighted by Gasteiger charge is -2.23. The first-order valence-corrected chi connectivity index (χ1v) is 6.26. The van der Waals surface area contributed by atoms with Crippen molar-refractivity contribution in [3.05, 3.63) is 12.3 Å². The van der Waals surface area contributed by atoms with E-state index in [2.05, 4.69) is 10.4 Å². The Morgan fingerprint density at radius 1 is 1.67 bits per heavy atom. The zero-order valence-corrected chi connectivity index (χ0v) is 10.8. The maximum absolute atomic E-state index is 11.9. The van der Waals surface area contributed by atoms with E-state index in [1.165, 1.54) is 0 Å². The van der Waals surface area contributed by atoms with Crippen LogP contribution in [0.4, 0.5) is 10.6 Å². The van der Waals surface area contributed by atoms with E-state index >= 15 is 0 Å². The maximum atomic E-state index is 11.9. The van der Waals surface area contributed by atoms with Gasteiger partial charge < -0.3 is 10.0 Å². The van der Waals surface area contributed by atoms with Crippen LogP contribution >= 0.6 is 0 Å². The van der Waals surface area contributed by atoms with Crippen molar-refractivity contribution in [2.45, 2.75) is 25.4 Å². The second-order valence-electron chi connectivity index (χ2n) is 4.91. The molecule has 2 atom stereocenters. The van der Waals surface area contributed by atoms with Crippen molar-refractivity contribution in [3.63, 3.8) is 0 Å². The van der Waals surface area contributed by atoms with Gasteiger partial charge in [-0.05, 0) is 12.8 Å². The number of carbonyl (C=O) groups excluding carboxylic acids is 1. The van der Waals surface area contributed by atoms with Crippen molar-refractivity contribution in [1.82, 2.24) is 14.7 Å². The topological polar surface area (TPSA) is 70.4 Å². The highest BCUT2D eigenvalue weighted by Gasteiger charge is 2.27. The molecule has 6 nitrogen and oxygen atoms in total. The van der Waals surface area contributed by atoms with E-state index in [1.54, 1.807) is 35.9 Å². The summed E-state index contributed by atoms with van der Waals surface area (Å²) >= 11 is 0. The Morgan fingerprint density at radius 2 is 2.44 bits per heavy atom. The molecule has 1 aromatic heterocycles. The average Bonchev–Trinajstić information content (AvgIpc) is 2.90. The molecular formula is C12H20N4O2. The molecule has 1 aliphatic rings. The summed E-state index contributed by atoms with van der Waals surface area (Å²) in [4.78, 5) is 13.6. The Bertz CT molecular complexity index is 418. The van der Waals surface area contributed by atoms with Gasteiger partial charge in [-0.25, -0.2) is 4.79 Å². The Hall–Kier alpha value is -1.56. The van der Waals surface area contributed by atoms with Crippen LogP contribution in [0.25, 0.3) is 0 Å². The van der Waals surface area contributed by atoms with Gasteiger partial charge in [-0.2, -0.15) is 5.10 Å². The molecule has 18 heavy (non-hydrogen) atoms. The van der Waals surface area contributed by atoms with E-state index in [0.717, 1.165) is 19.3 Å². The van der Waals surface area contributed by atoms with E-state index in [1.807, 2.05) is 0 Å². The minimum Gasteiger partial charge on any atom is -0.393 e. The van der Waals surface area contributed by atoms with Gasteiger partial charge in [0.1, 0.15) is 5.82 Å². The van der Waals surface area contributed by atoms with Gasteiger partial charge in [-0.3, -0.25) is 10.00 Å². The van der Waals surface area contributed by atoms with Gasteiger partial charge in [-0.15, -0.1) is 0 Å². The fourth-order valence-electron chi connectivity index (χ4n) is 2.37. The van der Waals surface area contributed by atoms with Gasteiger partial charge in [0, 0.05) is 32.6 Å². The van der Waals surface area contributed by atoms with Crippen LogP contribution in [0.1, 0.15) is 19.3 Å². The molecule has 2 amide bonds. The van der Waals surface area contributed by atoms with Gasteiger partial charge in [0.05, 0.1) is 12.3 Å². The summed E-state index contributed by atoms with van der Waals surface area (Å²) in [5.41, 5.74) is 0. The number of aliphatic hydroxyl groups excluding tert-OH is 1. The number of nitrogens with one attached hydrogen (secondary N) is 1. The second kappa shape index (κ2) is 5.39. The van der Waals surface area contributed by atoms with E-state index in [-0.39, 0.29) is 18.1 Å². The molecule has 1 aliphatic carbocycles. The number of aromatic nitrogens is 2. The number of nitrogens with zero attached hydrogens (tertiary/aromatic N) is 3. The molecule has 0 spiro atoms. The van der Waals surface area contributed by atoms with Crippen molar-refractivity contribution < 1.29 is 9.90 Å². The third-order valence-electron chi connectivity index (χ3n) is 3.53. The summed E-state index contributed by atoms with van der Waals surface area (Å²) in [7, 11) is 3.52.